The highest BCUT2D eigenvalue weighted by Crippen LogP contribution is 2.47. The summed E-state index contributed by atoms with van der Waals surface area (Å²) >= 11 is 0. The Kier molecular flexibility index (Phi) is 3.51. The summed E-state index contributed by atoms with van der Waals surface area (Å²) in [6.07, 6.45) is 0.231. The third kappa shape index (κ3) is 2.12. The molecule has 0 aliphatic carbocycles. The summed E-state index contributed by atoms with van der Waals surface area (Å²) in [5, 5.41) is 0. The van der Waals surface area contributed by atoms with Gasteiger partial charge in [-0.1, -0.05) is 18.2 Å². The highest BCUT2D eigenvalue weighted by molar-refractivity contribution is 5.80. The molecule has 0 radical (unpaired) electrons. The van der Waals surface area contributed by atoms with Gasteiger partial charge in [0.2, 0.25) is 0 Å². The lowest BCUT2D eigenvalue weighted by Gasteiger charge is -2.31. The van der Waals surface area contributed by atoms with Crippen LogP contribution in [0.2, 0.25) is 0 Å². The van der Waals surface area contributed by atoms with Crippen molar-refractivity contribution in [3.63, 3.8) is 0 Å². The zero-order valence-electron chi connectivity index (χ0n) is 14.4. The van der Waals surface area contributed by atoms with Gasteiger partial charge in [-0.2, -0.15) is 0 Å². The normalized spacial score (nSPS) is 14.5. The van der Waals surface area contributed by atoms with Crippen molar-refractivity contribution in [2.45, 2.75) is 20.0 Å². The monoisotopic (exact) mass is 295 g/mol. The summed E-state index contributed by atoms with van der Waals surface area (Å²) in [7, 11) is 8.59. The van der Waals surface area contributed by atoms with Gasteiger partial charge in [0.05, 0.1) is 11.4 Å². The lowest BCUT2D eigenvalue weighted by atomic mass is 10.1. The van der Waals surface area contributed by atoms with Gasteiger partial charge in [0, 0.05) is 39.4 Å². The van der Waals surface area contributed by atoms with Crippen molar-refractivity contribution in [2.75, 3.05) is 42.9 Å². The van der Waals surface area contributed by atoms with Crippen molar-refractivity contribution >= 4 is 17.1 Å². The molecule has 0 N–H and O–H groups in total. The van der Waals surface area contributed by atoms with Crippen LogP contribution in [0.3, 0.4) is 0 Å². The van der Waals surface area contributed by atoms with Gasteiger partial charge in [0.25, 0.3) is 0 Å². The van der Waals surface area contributed by atoms with Gasteiger partial charge < -0.3 is 14.7 Å². The molecule has 2 aromatic carbocycles. The second-order valence-electron chi connectivity index (χ2n) is 6.47. The Bertz CT molecular complexity index is 671. The second-order valence-corrected chi connectivity index (χ2v) is 6.47. The molecule has 3 nitrogen and oxygen atoms in total. The van der Waals surface area contributed by atoms with E-state index in [0.29, 0.717) is 0 Å². The molecule has 116 valence electrons. The average molecular weight is 295 g/mol. The van der Waals surface area contributed by atoms with Gasteiger partial charge >= 0.3 is 0 Å². The summed E-state index contributed by atoms with van der Waals surface area (Å²) in [5.74, 6) is 0. The lowest BCUT2D eigenvalue weighted by molar-refractivity contribution is 0.693. The number of nitrogens with zero attached hydrogens (tertiary/aromatic N) is 3. The molecular formula is C19H25N3. The topological polar surface area (TPSA) is 9.72 Å². The predicted octanol–water partition coefficient (Wildman–Crippen LogP) is 3.95. The number of hydrogen-bond acceptors (Lipinski definition) is 3. The number of aryl methyl sites for hydroxylation is 2. The Morgan fingerprint density at radius 2 is 1.36 bits per heavy atom. The van der Waals surface area contributed by atoms with Gasteiger partial charge in [-0.05, 0) is 43.2 Å². The minimum absolute atomic E-state index is 0.231. The van der Waals surface area contributed by atoms with Gasteiger partial charge in [0.1, 0.15) is 6.17 Å². The zero-order chi connectivity index (χ0) is 16.0. The number of para-hydroxylation sites is 1. The summed E-state index contributed by atoms with van der Waals surface area (Å²) in [6.45, 7) is 4.37. The van der Waals surface area contributed by atoms with E-state index in [2.05, 4.69) is 93.1 Å². The maximum absolute atomic E-state index is 2.38. The van der Waals surface area contributed by atoms with E-state index < -0.39 is 0 Å². The van der Waals surface area contributed by atoms with Crippen LogP contribution >= 0.6 is 0 Å². The average Bonchev–Trinajstić information content (AvgIpc) is 2.71. The van der Waals surface area contributed by atoms with Crippen molar-refractivity contribution in [1.82, 2.24) is 0 Å². The van der Waals surface area contributed by atoms with Gasteiger partial charge in [0.15, 0.2) is 0 Å². The Hall–Kier alpha value is -2.16. The Morgan fingerprint density at radius 3 is 1.86 bits per heavy atom. The number of benzene rings is 2. The molecule has 2 aromatic rings. The van der Waals surface area contributed by atoms with Crippen molar-refractivity contribution in [3.8, 4) is 0 Å². The minimum atomic E-state index is 0.231. The minimum Gasteiger partial charge on any atom is -0.377 e. The second kappa shape index (κ2) is 5.24. The number of rotatable bonds is 2. The van der Waals surface area contributed by atoms with Crippen LogP contribution in [0.25, 0.3) is 0 Å². The Balaban J connectivity index is 2.12. The van der Waals surface area contributed by atoms with Crippen molar-refractivity contribution in [2.24, 2.45) is 0 Å². The summed E-state index contributed by atoms with van der Waals surface area (Å²) in [5.41, 5.74) is 7.92. The fourth-order valence-corrected chi connectivity index (χ4v) is 3.40. The summed E-state index contributed by atoms with van der Waals surface area (Å²) in [4.78, 5) is 6.95. The molecule has 1 aliphatic heterocycles. The van der Waals surface area contributed by atoms with Crippen LogP contribution in [-0.2, 0) is 0 Å². The molecule has 1 aliphatic rings. The standard InChI is InChI=1S/C19H25N3/c1-13-11-17-18(12-14(13)2)22(6)19(21(17)5)15-9-7-8-10-16(15)20(3)4/h7-12,19H,1-6H3. The Morgan fingerprint density at radius 1 is 0.864 bits per heavy atom. The molecule has 3 heteroatoms. The van der Waals surface area contributed by atoms with Crippen molar-refractivity contribution in [1.29, 1.82) is 0 Å². The molecule has 1 heterocycles. The van der Waals surface area contributed by atoms with Crippen LogP contribution < -0.4 is 14.7 Å². The molecule has 0 unspecified atom stereocenters. The SMILES string of the molecule is Cc1cc2c(cc1C)N(C)C(c1ccccc1N(C)C)N2C. The van der Waals surface area contributed by atoms with Gasteiger partial charge in [-0.25, -0.2) is 0 Å². The largest absolute Gasteiger partial charge is 0.377 e. The number of hydrogen-bond donors (Lipinski definition) is 0. The number of anilines is 3. The Labute approximate surface area is 133 Å². The quantitative estimate of drug-likeness (QED) is 0.830. The fourth-order valence-electron chi connectivity index (χ4n) is 3.40. The van der Waals surface area contributed by atoms with Crippen LogP contribution in [0.1, 0.15) is 22.9 Å². The molecule has 0 saturated heterocycles. The predicted molar refractivity (Wildman–Crippen MR) is 96.2 cm³/mol. The maximum Gasteiger partial charge on any atom is 0.130 e. The first-order valence-electron chi connectivity index (χ1n) is 7.75. The fraction of sp³-hybridized carbons (Fsp3) is 0.368. The maximum atomic E-state index is 2.38. The van der Waals surface area contributed by atoms with Crippen LogP contribution in [-0.4, -0.2) is 28.2 Å². The molecule has 3 rings (SSSR count). The van der Waals surface area contributed by atoms with Crippen LogP contribution in [0.15, 0.2) is 36.4 Å². The van der Waals surface area contributed by atoms with Gasteiger partial charge in [-0.3, -0.25) is 0 Å². The molecule has 0 amide bonds. The van der Waals surface area contributed by atoms with E-state index in [9.17, 15) is 0 Å². The first kappa shape index (κ1) is 14.8. The van der Waals surface area contributed by atoms with E-state index in [1.807, 2.05) is 0 Å². The smallest absolute Gasteiger partial charge is 0.130 e. The molecule has 0 spiro atoms. The van der Waals surface area contributed by atoms with Crippen LogP contribution in [0.4, 0.5) is 17.1 Å². The summed E-state index contributed by atoms with van der Waals surface area (Å²) in [6, 6.07) is 13.3. The molecule has 0 bridgehead atoms. The molecular weight excluding hydrogens is 270 g/mol. The van der Waals surface area contributed by atoms with Crippen LogP contribution in [0.5, 0.6) is 0 Å². The third-order valence-electron chi connectivity index (χ3n) is 4.78. The van der Waals surface area contributed by atoms with Crippen molar-refractivity contribution < 1.29 is 0 Å². The van der Waals surface area contributed by atoms with Crippen LogP contribution in [0, 0.1) is 13.8 Å². The van der Waals surface area contributed by atoms with Gasteiger partial charge in [-0.15, -0.1) is 0 Å². The molecule has 22 heavy (non-hydrogen) atoms. The summed E-state index contributed by atoms with van der Waals surface area (Å²) < 4.78 is 0. The number of fused-ring (bicyclic) bond motifs is 1. The first-order chi connectivity index (χ1) is 10.4. The lowest BCUT2D eigenvalue weighted by Crippen LogP contribution is -2.31. The highest BCUT2D eigenvalue weighted by atomic mass is 15.4. The van der Waals surface area contributed by atoms with E-state index in [-0.39, 0.29) is 6.17 Å². The van der Waals surface area contributed by atoms with E-state index >= 15 is 0 Å². The molecule has 0 aromatic heterocycles. The first-order valence-corrected chi connectivity index (χ1v) is 7.75. The molecule has 0 atom stereocenters. The van der Waals surface area contributed by atoms with E-state index in [4.69, 9.17) is 0 Å². The highest BCUT2D eigenvalue weighted by Gasteiger charge is 2.34. The zero-order valence-corrected chi connectivity index (χ0v) is 14.4. The van der Waals surface area contributed by atoms with E-state index in [0.717, 1.165) is 0 Å². The van der Waals surface area contributed by atoms with E-state index in [1.165, 1.54) is 33.8 Å². The van der Waals surface area contributed by atoms with E-state index in [1.54, 1.807) is 0 Å². The third-order valence-corrected chi connectivity index (χ3v) is 4.78. The van der Waals surface area contributed by atoms with Crippen molar-refractivity contribution in [3.05, 3.63) is 53.1 Å². The molecule has 0 fully saturated rings. The molecule has 0 saturated carbocycles.